The van der Waals surface area contributed by atoms with E-state index in [1.165, 1.54) is 0 Å². The summed E-state index contributed by atoms with van der Waals surface area (Å²) in [6, 6.07) is 3.99. The fourth-order valence-electron chi connectivity index (χ4n) is 3.64. The maximum Gasteiger partial charge on any atom is 0.227 e. The van der Waals surface area contributed by atoms with Crippen molar-refractivity contribution >= 4 is 17.4 Å². The van der Waals surface area contributed by atoms with Gasteiger partial charge in [0.1, 0.15) is 0 Å². The van der Waals surface area contributed by atoms with E-state index in [2.05, 4.69) is 20.2 Å². The van der Waals surface area contributed by atoms with Crippen molar-refractivity contribution in [3.05, 3.63) is 30.2 Å². The van der Waals surface area contributed by atoms with Gasteiger partial charge in [0.15, 0.2) is 5.82 Å². The van der Waals surface area contributed by atoms with E-state index in [4.69, 9.17) is 0 Å². The van der Waals surface area contributed by atoms with Gasteiger partial charge in [-0.3, -0.25) is 9.48 Å². The van der Waals surface area contributed by atoms with Crippen LogP contribution in [-0.4, -0.2) is 45.5 Å². The first kappa shape index (κ1) is 14.2. The molecule has 0 saturated carbocycles. The minimum absolute atomic E-state index is 0.0134. The molecule has 23 heavy (non-hydrogen) atoms. The maximum atomic E-state index is 12.5. The number of anilines is 2. The highest BCUT2D eigenvalue weighted by atomic mass is 16.2. The Kier molecular flexibility index (Phi) is 3.11. The predicted molar refractivity (Wildman–Crippen MR) is 86.2 cm³/mol. The molecule has 2 aliphatic heterocycles. The van der Waals surface area contributed by atoms with Crippen molar-refractivity contribution in [3.8, 4) is 0 Å². The quantitative estimate of drug-likeness (QED) is 0.832. The first-order valence-corrected chi connectivity index (χ1v) is 7.89. The molecule has 0 aromatic carbocycles. The molecule has 4 heterocycles. The van der Waals surface area contributed by atoms with E-state index in [-0.39, 0.29) is 11.3 Å². The van der Waals surface area contributed by atoms with Crippen molar-refractivity contribution in [2.75, 3.05) is 29.4 Å². The summed E-state index contributed by atoms with van der Waals surface area (Å²) in [6.45, 7) is 4.47. The van der Waals surface area contributed by atoms with Gasteiger partial charge in [0.25, 0.3) is 0 Å². The van der Waals surface area contributed by atoms with Crippen molar-refractivity contribution in [2.45, 2.75) is 19.8 Å². The maximum absolute atomic E-state index is 12.5. The molecule has 2 saturated heterocycles. The van der Waals surface area contributed by atoms with E-state index < -0.39 is 0 Å². The normalized spacial score (nSPS) is 24.2. The molecule has 4 rings (SSSR count). The third kappa shape index (κ3) is 2.46. The number of rotatable bonds is 2. The third-order valence-electron chi connectivity index (χ3n) is 4.87. The highest BCUT2D eigenvalue weighted by molar-refractivity contribution is 5.96. The first-order valence-electron chi connectivity index (χ1n) is 7.89. The van der Waals surface area contributed by atoms with Crippen molar-refractivity contribution in [3.63, 3.8) is 0 Å². The Morgan fingerprint density at radius 3 is 2.78 bits per heavy atom. The average Bonchev–Trinajstić information content (AvgIpc) is 3.20. The van der Waals surface area contributed by atoms with Crippen LogP contribution in [0.2, 0.25) is 0 Å². The second kappa shape index (κ2) is 5.04. The Balaban J connectivity index is 1.52. The molecule has 1 atom stereocenters. The van der Waals surface area contributed by atoms with E-state index >= 15 is 0 Å². The lowest BCUT2D eigenvalue weighted by molar-refractivity contribution is -0.117. The van der Waals surface area contributed by atoms with Crippen LogP contribution < -0.4 is 9.80 Å². The molecule has 0 aliphatic carbocycles. The van der Waals surface area contributed by atoms with Crippen LogP contribution in [0, 0.1) is 12.3 Å². The van der Waals surface area contributed by atoms with Gasteiger partial charge in [0.2, 0.25) is 5.91 Å². The number of amides is 1. The van der Waals surface area contributed by atoms with Crippen LogP contribution in [-0.2, 0) is 11.8 Å². The third-order valence-corrected chi connectivity index (χ3v) is 4.87. The molecule has 2 fully saturated rings. The standard InChI is InChI=1S/C16H20N6O/c1-12-3-4-14(19-18-12)21-6-5-16(10-21)7-15(23)22(11-16)13-8-17-20(2)9-13/h3-4,8-9H,5-7,10-11H2,1-2H3/t16-/m0/s1. The Labute approximate surface area is 134 Å². The van der Waals surface area contributed by atoms with Crippen LogP contribution in [0.15, 0.2) is 24.5 Å². The van der Waals surface area contributed by atoms with E-state index in [1.54, 1.807) is 10.9 Å². The molecule has 0 unspecified atom stereocenters. The minimum atomic E-state index is 0.0134. The second-order valence-corrected chi connectivity index (χ2v) is 6.73. The van der Waals surface area contributed by atoms with E-state index in [0.29, 0.717) is 6.42 Å². The molecule has 0 radical (unpaired) electrons. The van der Waals surface area contributed by atoms with Crippen LogP contribution in [0.5, 0.6) is 0 Å². The lowest BCUT2D eigenvalue weighted by Gasteiger charge is -2.24. The molecule has 2 aromatic heterocycles. The summed E-state index contributed by atoms with van der Waals surface area (Å²) in [5, 5.41) is 12.6. The minimum Gasteiger partial charge on any atom is -0.354 e. The highest BCUT2D eigenvalue weighted by Crippen LogP contribution is 2.42. The summed E-state index contributed by atoms with van der Waals surface area (Å²) in [6.07, 6.45) is 5.26. The van der Waals surface area contributed by atoms with Gasteiger partial charge < -0.3 is 9.80 Å². The predicted octanol–water partition coefficient (Wildman–Crippen LogP) is 1.15. The molecule has 120 valence electrons. The van der Waals surface area contributed by atoms with Crippen LogP contribution >= 0.6 is 0 Å². The van der Waals surface area contributed by atoms with Crippen LogP contribution in [0.4, 0.5) is 11.5 Å². The van der Waals surface area contributed by atoms with E-state index in [1.807, 2.05) is 37.2 Å². The fraction of sp³-hybridized carbons (Fsp3) is 0.500. The average molecular weight is 312 g/mol. The lowest BCUT2D eigenvalue weighted by atomic mass is 9.86. The molecule has 7 heteroatoms. The zero-order valence-electron chi connectivity index (χ0n) is 13.4. The summed E-state index contributed by atoms with van der Waals surface area (Å²) in [5.74, 6) is 1.09. The number of hydrogen-bond acceptors (Lipinski definition) is 5. The van der Waals surface area contributed by atoms with Crippen LogP contribution in [0.25, 0.3) is 0 Å². The van der Waals surface area contributed by atoms with Crippen LogP contribution in [0.3, 0.4) is 0 Å². The van der Waals surface area contributed by atoms with Gasteiger partial charge in [-0.1, -0.05) is 0 Å². The Morgan fingerprint density at radius 2 is 2.09 bits per heavy atom. The first-order chi connectivity index (χ1) is 11.0. The Morgan fingerprint density at radius 1 is 1.22 bits per heavy atom. The number of aryl methyl sites for hydroxylation is 2. The molecule has 2 aliphatic rings. The molecule has 2 aromatic rings. The Hall–Kier alpha value is -2.44. The summed E-state index contributed by atoms with van der Waals surface area (Å²) in [4.78, 5) is 16.6. The summed E-state index contributed by atoms with van der Waals surface area (Å²) < 4.78 is 1.73. The smallest absolute Gasteiger partial charge is 0.227 e. The van der Waals surface area contributed by atoms with Crippen molar-refractivity contribution in [1.82, 2.24) is 20.0 Å². The number of aromatic nitrogens is 4. The summed E-state index contributed by atoms with van der Waals surface area (Å²) in [5.41, 5.74) is 1.82. The summed E-state index contributed by atoms with van der Waals surface area (Å²) in [7, 11) is 1.87. The van der Waals surface area contributed by atoms with E-state index in [0.717, 1.165) is 43.3 Å². The molecule has 7 nitrogen and oxygen atoms in total. The topological polar surface area (TPSA) is 67.2 Å². The van der Waals surface area contributed by atoms with Gasteiger partial charge in [-0.05, 0) is 25.5 Å². The van der Waals surface area contributed by atoms with Crippen molar-refractivity contribution in [1.29, 1.82) is 0 Å². The molecule has 0 bridgehead atoms. The van der Waals surface area contributed by atoms with E-state index in [9.17, 15) is 4.79 Å². The molecule has 1 amide bonds. The van der Waals surface area contributed by atoms with Gasteiger partial charge in [0, 0.05) is 44.7 Å². The zero-order chi connectivity index (χ0) is 16.0. The SMILES string of the molecule is Cc1ccc(N2CC[C@]3(CC(=O)N(c4cnn(C)c4)C3)C2)nn1. The number of hydrogen-bond donors (Lipinski definition) is 0. The van der Waals surface area contributed by atoms with Crippen molar-refractivity contribution in [2.24, 2.45) is 12.5 Å². The summed E-state index contributed by atoms with van der Waals surface area (Å²) >= 11 is 0. The number of carbonyl (C=O) groups excluding carboxylic acids is 1. The fourth-order valence-corrected chi connectivity index (χ4v) is 3.64. The lowest BCUT2D eigenvalue weighted by Crippen LogP contribution is -2.31. The van der Waals surface area contributed by atoms with Gasteiger partial charge in [0.05, 0.1) is 17.6 Å². The molecular formula is C16H20N6O. The van der Waals surface area contributed by atoms with Gasteiger partial charge in [-0.2, -0.15) is 10.2 Å². The van der Waals surface area contributed by atoms with Gasteiger partial charge in [-0.25, -0.2) is 0 Å². The zero-order valence-corrected chi connectivity index (χ0v) is 13.4. The van der Waals surface area contributed by atoms with Gasteiger partial charge >= 0.3 is 0 Å². The molecular weight excluding hydrogens is 292 g/mol. The molecule has 0 N–H and O–H groups in total. The number of carbonyl (C=O) groups is 1. The molecule has 1 spiro atoms. The highest BCUT2D eigenvalue weighted by Gasteiger charge is 2.48. The second-order valence-electron chi connectivity index (χ2n) is 6.73. The van der Waals surface area contributed by atoms with Gasteiger partial charge in [-0.15, -0.1) is 5.10 Å². The van der Waals surface area contributed by atoms with Crippen LogP contribution in [0.1, 0.15) is 18.5 Å². The largest absolute Gasteiger partial charge is 0.354 e. The van der Waals surface area contributed by atoms with Crippen molar-refractivity contribution < 1.29 is 4.79 Å². The monoisotopic (exact) mass is 312 g/mol. The Bertz CT molecular complexity index is 739. The number of nitrogens with zero attached hydrogens (tertiary/aromatic N) is 6.